The van der Waals surface area contributed by atoms with Crippen LogP contribution in [0.1, 0.15) is 10.5 Å². The molecule has 0 saturated heterocycles. The van der Waals surface area contributed by atoms with Gasteiger partial charge in [-0.05, 0) is 41.8 Å². The lowest BCUT2D eigenvalue weighted by Gasteiger charge is -2.05. The normalized spacial score (nSPS) is 11.0. The highest BCUT2D eigenvalue weighted by Gasteiger charge is 2.15. The van der Waals surface area contributed by atoms with E-state index in [9.17, 15) is 4.79 Å². The summed E-state index contributed by atoms with van der Waals surface area (Å²) >= 11 is 5.92. The van der Waals surface area contributed by atoms with Gasteiger partial charge in [0.05, 0.1) is 5.69 Å². The van der Waals surface area contributed by atoms with Crippen LogP contribution in [0.2, 0.25) is 5.02 Å². The predicted octanol–water partition coefficient (Wildman–Crippen LogP) is 4.47. The molecule has 2 heterocycles. The molecule has 4 rings (SSSR count). The molecule has 0 fully saturated rings. The third-order valence-electron chi connectivity index (χ3n) is 4.07. The second-order valence-electron chi connectivity index (χ2n) is 5.78. The Morgan fingerprint density at radius 1 is 1.12 bits per heavy atom. The number of nitrogens with one attached hydrogen (secondary N) is 2. The zero-order valence-corrected chi connectivity index (χ0v) is 14.2. The van der Waals surface area contributed by atoms with Crippen molar-refractivity contribution in [3.63, 3.8) is 0 Å². The quantitative estimate of drug-likeness (QED) is 0.572. The summed E-state index contributed by atoms with van der Waals surface area (Å²) in [6, 6.07) is 16.9. The maximum absolute atomic E-state index is 12.6. The van der Waals surface area contributed by atoms with Gasteiger partial charge in [-0.2, -0.15) is 5.10 Å². The van der Waals surface area contributed by atoms with Gasteiger partial charge in [0.25, 0.3) is 5.91 Å². The van der Waals surface area contributed by atoms with Crippen LogP contribution in [0, 0.1) is 0 Å². The summed E-state index contributed by atoms with van der Waals surface area (Å²) < 4.78 is 1.58. The summed E-state index contributed by atoms with van der Waals surface area (Å²) in [7, 11) is 1.75. The fourth-order valence-electron chi connectivity index (χ4n) is 2.76. The Bertz CT molecular complexity index is 1060. The van der Waals surface area contributed by atoms with Gasteiger partial charge in [-0.15, -0.1) is 0 Å². The maximum Gasteiger partial charge on any atom is 0.273 e. The fourth-order valence-corrected chi connectivity index (χ4v) is 2.89. The Labute approximate surface area is 149 Å². The summed E-state index contributed by atoms with van der Waals surface area (Å²) in [6.07, 6.45) is 1.87. The molecule has 0 aliphatic heterocycles. The van der Waals surface area contributed by atoms with Crippen molar-refractivity contribution < 1.29 is 4.79 Å². The molecule has 0 spiro atoms. The van der Waals surface area contributed by atoms with Gasteiger partial charge < -0.3 is 10.3 Å². The molecule has 0 unspecified atom stereocenters. The fraction of sp³-hybridized carbons (Fsp3) is 0.0526. The van der Waals surface area contributed by atoms with Crippen molar-refractivity contribution in [3.8, 4) is 11.3 Å². The number of fused-ring (bicyclic) bond motifs is 1. The first-order valence-electron chi connectivity index (χ1n) is 7.78. The Balaban J connectivity index is 1.60. The molecule has 0 bridgehead atoms. The second-order valence-corrected chi connectivity index (χ2v) is 6.22. The Morgan fingerprint density at radius 2 is 1.92 bits per heavy atom. The maximum atomic E-state index is 12.6. The summed E-state index contributed by atoms with van der Waals surface area (Å²) in [5, 5.41) is 9.10. The number of aromatic amines is 1. The van der Waals surface area contributed by atoms with Crippen molar-refractivity contribution >= 4 is 34.1 Å². The molecule has 1 amide bonds. The predicted molar refractivity (Wildman–Crippen MR) is 99.9 cm³/mol. The first kappa shape index (κ1) is 15.5. The number of aromatic nitrogens is 3. The van der Waals surface area contributed by atoms with Crippen LogP contribution >= 0.6 is 11.6 Å². The Hall–Kier alpha value is -3.05. The number of hydrogen-bond acceptors (Lipinski definition) is 2. The van der Waals surface area contributed by atoms with Crippen LogP contribution in [0.15, 0.2) is 60.8 Å². The van der Waals surface area contributed by atoms with E-state index in [2.05, 4.69) is 15.4 Å². The van der Waals surface area contributed by atoms with Crippen LogP contribution in [0.25, 0.3) is 22.2 Å². The first-order chi connectivity index (χ1) is 12.1. The number of halogens is 1. The van der Waals surface area contributed by atoms with E-state index < -0.39 is 0 Å². The molecular weight excluding hydrogens is 336 g/mol. The number of rotatable bonds is 3. The second kappa shape index (κ2) is 6.11. The molecular formula is C19H15ClN4O. The van der Waals surface area contributed by atoms with E-state index in [1.54, 1.807) is 29.9 Å². The standard InChI is InChI=1S/C19H15ClN4O/c1-24-18(11-17(23-24)12-2-5-14(20)6-3-12)19(25)22-15-7-4-13-8-9-21-16(13)10-15/h2-11,21H,1H3,(H,22,25). The van der Waals surface area contributed by atoms with Crippen molar-refractivity contribution in [1.82, 2.24) is 14.8 Å². The molecule has 4 aromatic rings. The minimum Gasteiger partial charge on any atom is -0.361 e. The number of carbonyl (C=O) groups is 1. The third-order valence-corrected chi connectivity index (χ3v) is 4.32. The van der Waals surface area contributed by atoms with E-state index in [1.165, 1.54) is 0 Å². The van der Waals surface area contributed by atoms with Gasteiger partial charge >= 0.3 is 0 Å². The average molecular weight is 351 g/mol. The van der Waals surface area contributed by atoms with Crippen molar-refractivity contribution in [3.05, 3.63) is 71.5 Å². The van der Waals surface area contributed by atoms with Crippen LogP contribution in [-0.2, 0) is 7.05 Å². The summed E-state index contributed by atoms with van der Waals surface area (Å²) in [5.74, 6) is -0.207. The number of nitrogens with zero attached hydrogens (tertiary/aromatic N) is 2. The molecule has 2 aromatic heterocycles. The number of amides is 1. The molecule has 25 heavy (non-hydrogen) atoms. The highest BCUT2D eigenvalue weighted by atomic mass is 35.5. The molecule has 2 aromatic carbocycles. The number of aryl methyl sites for hydroxylation is 1. The minimum absolute atomic E-state index is 0.207. The number of anilines is 1. The number of benzene rings is 2. The van der Waals surface area contributed by atoms with Gasteiger partial charge in [0.15, 0.2) is 0 Å². The van der Waals surface area contributed by atoms with Gasteiger partial charge in [-0.25, -0.2) is 0 Å². The van der Waals surface area contributed by atoms with Crippen molar-refractivity contribution in [2.45, 2.75) is 0 Å². The van der Waals surface area contributed by atoms with E-state index in [1.807, 2.05) is 42.6 Å². The van der Waals surface area contributed by atoms with Crippen molar-refractivity contribution in [1.29, 1.82) is 0 Å². The lowest BCUT2D eigenvalue weighted by Crippen LogP contribution is -2.15. The van der Waals surface area contributed by atoms with Crippen LogP contribution < -0.4 is 5.32 Å². The summed E-state index contributed by atoms with van der Waals surface area (Å²) in [6.45, 7) is 0. The molecule has 0 saturated carbocycles. The van der Waals surface area contributed by atoms with Crippen molar-refractivity contribution in [2.24, 2.45) is 7.05 Å². The van der Waals surface area contributed by atoms with E-state index in [0.29, 0.717) is 10.7 Å². The number of carbonyl (C=O) groups excluding carboxylic acids is 1. The summed E-state index contributed by atoms with van der Waals surface area (Å²) in [5.41, 5.74) is 3.83. The highest BCUT2D eigenvalue weighted by molar-refractivity contribution is 6.30. The van der Waals surface area contributed by atoms with Gasteiger partial charge in [0.2, 0.25) is 0 Å². The lowest BCUT2D eigenvalue weighted by molar-refractivity contribution is 0.101. The van der Waals surface area contributed by atoms with Crippen LogP contribution in [0.4, 0.5) is 5.69 Å². The Kier molecular flexibility index (Phi) is 3.78. The SMILES string of the molecule is Cn1nc(-c2ccc(Cl)cc2)cc1C(=O)Nc1ccc2cc[nH]c2c1. The monoisotopic (exact) mass is 350 g/mol. The van der Waals surface area contributed by atoms with Crippen LogP contribution in [0.5, 0.6) is 0 Å². The van der Waals surface area contributed by atoms with Gasteiger partial charge in [0, 0.05) is 35.0 Å². The van der Waals surface area contributed by atoms with Gasteiger partial charge in [0.1, 0.15) is 5.69 Å². The topological polar surface area (TPSA) is 62.7 Å². The molecule has 0 aliphatic carbocycles. The van der Waals surface area contributed by atoms with E-state index in [-0.39, 0.29) is 5.91 Å². The minimum atomic E-state index is -0.207. The number of hydrogen-bond donors (Lipinski definition) is 2. The van der Waals surface area contributed by atoms with Crippen molar-refractivity contribution in [2.75, 3.05) is 5.32 Å². The average Bonchev–Trinajstić information content (AvgIpc) is 3.21. The van der Waals surface area contributed by atoms with Crippen LogP contribution in [-0.4, -0.2) is 20.7 Å². The van der Waals surface area contributed by atoms with E-state index >= 15 is 0 Å². The summed E-state index contributed by atoms with van der Waals surface area (Å²) in [4.78, 5) is 15.7. The van der Waals surface area contributed by atoms with Gasteiger partial charge in [-0.1, -0.05) is 29.8 Å². The smallest absolute Gasteiger partial charge is 0.273 e. The third kappa shape index (κ3) is 3.02. The molecule has 5 nitrogen and oxygen atoms in total. The molecule has 0 radical (unpaired) electrons. The Morgan fingerprint density at radius 3 is 2.72 bits per heavy atom. The zero-order chi connectivity index (χ0) is 17.4. The molecule has 6 heteroatoms. The first-order valence-corrected chi connectivity index (χ1v) is 8.16. The number of H-pyrrole nitrogens is 1. The molecule has 0 atom stereocenters. The zero-order valence-electron chi connectivity index (χ0n) is 13.5. The molecule has 2 N–H and O–H groups in total. The van der Waals surface area contributed by atoms with Gasteiger partial charge in [-0.3, -0.25) is 9.48 Å². The highest BCUT2D eigenvalue weighted by Crippen LogP contribution is 2.22. The lowest BCUT2D eigenvalue weighted by atomic mass is 10.1. The molecule has 0 aliphatic rings. The van der Waals surface area contributed by atoms with Crippen LogP contribution in [0.3, 0.4) is 0 Å². The molecule has 124 valence electrons. The van der Waals surface area contributed by atoms with E-state index in [4.69, 9.17) is 11.6 Å². The largest absolute Gasteiger partial charge is 0.361 e. The van der Waals surface area contributed by atoms with E-state index in [0.717, 1.165) is 27.8 Å².